The Morgan fingerprint density at radius 2 is 1.94 bits per heavy atom. The monoisotopic (exact) mass is 274 g/mol. The van der Waals surface area contributed by atoms with Gasteiger partial charge in [-0.2, -0.15) is 0 Å². The first-order chi connectivity index (χ1) is 8.33. The van der Waals surface area contributed by atoms with Crippen LogP contribution in [0.2, 0.25) is 0 Å². The Kier molecular flexibility index (Phi) is 5.37. The van der Waals surface area contributed by atoms with Gasteiger partial charge in [-0.25, -0.2) is 13.1 Å². The zero-order chi connectivity index (χ0) is 13.8. The maximum absolute atomic E-state index is 12.1. The Labute approximate surface area is 109 Å². The van der Waals surface area contributed by atoms with Crippen LogP contribution in [0, 0.1) is 0 Å². The molecule has 0 aromatic carbocycles. The van der Waals surface area contributed by atoms with Gasteiger partial charge in [0.2, 0.25) is 10.0 Å². The number of hydrogen-bond acceptors (Lipinski definition) is 4. The first-order valence-electron chi connectivity index (χ1n) is 6.11. The van der Waals surface area contributed by atoms with E-state index in [-0.39, 0.29) is 12.1 Å². The Morgan fingerprint density at radius 1 is 1.28 bits per heavy atom. The van der Waals surface area contributed by atoms with Crippen LogP contribution in [0.3, 0.4) is 0 Å². The molecule has 0 bridgehead atoms. The predicted molar refractivity (Wildman–Crippen MR) is 71.8 cm³/mol. The molecule has 0 radical (unpaired) electrons. The zero-order valence-electron chi connectivity index (χ0n) is 11.3. The largest absolute Gasteiger partial charge is 0.468 e. The smallest absolute Gasteiger partial charge is 0.216 e. The molecule has 0 aliphatic rings. The lowest BCUT2D eigenvalue weighted by Crippen LogP contribution is -2.41. The van der Waals surface area contributed by atoms with E-state index in [0.29, 0.717) is 12.3 Å². The van der Waals surface area contributed by atoms with Gasteiger partial charge in [0.1, 0.15) is 5.76 Å². The molecule has 0 saturated heterocycles. The molecule has 1 rings (SSSR count). The van der Waals surface area contributed by atoms with Crippen molar-refractivity contribution in [1.82, 2.24) is 10.0 Å². The third-order valence-corrected chi connectivity index (χ3v) is 4.56. The molecule has 2 N–H and O–H groups in total. The minimum Gasteiger partial charge on any atom is -0.468 e. The third-order valence-electron chi connectivity index (χ3n) is 2.65. The van der Waals surface area contributed by atoms with Crippen LogP contribution in [0.1, 0.15) is 39.5 Å². The summed E-state index contributed by atoms with van der Waals surface area (Å²) in [7, 11) is -3.35. The Balaban J connectivity index is 2.58. The van der Waals surface area contributed by atoms with Crippen LogP contribution in [-0.4, -0.2) is 26.3 Å². The van der Waals surface area contributed by atoms with Gasteiger partial charge in [0.15, 0.2) is 0 Å². The molecule has 5 nitrogen and oxygen atoms in total. The highest BCUT2D eigenvalue weighted by Gasteiger charge is 2.24. The van der Waals surface area contributed by atoms with Crippen molar-refractivity contribution >= 4 is 10.0 Å². The molecule has 0 aliphatic carbocycles. The molecule has 18 heavy (non-hydrogen) atoms. The van der Waals surface area contributed by atoms with Gasteiger partial charge in [0, 0.05) is 12.6 Å². The summed E-state index contributed by atoms with van der Waals surface area (Å²) in [5, 5.41) is 2.63. The summed E-state index contributed by atoms with van der Waals surface area (Å²) in [6, 6.07) is 3.41. The number of sulfonamides is 1. The standard InChI is InChI=1S/C12H22N2O3S/c1-9(2)13-8-10(3)18(15,16)14-11(4)12-6-5-7-17-12/h5-7,9-11,13-14H,8H2,1-4H3. The number of hydrogen-bond donors (Lipinski definition) is 2. The van der Waals surface area contributed by atoms with Crippen molar-refractivity contribution in [2.45, 2.75) is 45.0 Å². The SMILES string of the molecule is CC(C)NCC(C)S(=O)(=O)NC(C)c1ccco1. The summed E-state index contributed by atoms with van der Waals surface area (Å²) >= 11 is 0. The van der Waals surface area contributed by atoms with Gasteiger partial charge in [-0.1, -0.05) is 13.8 Å². The minimum atomic E-state index is -3.35. The van der Waals surface area contributed by atoms with Crippen molar-refractivity contribution in [3.63, 3.8) is 0 Å². The molecule has 0 spiro atoms. The lowest BCUT2D eigenvalue weighted by Gasteiger charge is -2.18. The predicted octanol–water partition coefficient (Wildman–Crippen LogP) is 1.65. The summed E-state index contributed by atoms with van der Waals surface area (Å²) in [5.74, 6) is 0.614. The molecule has 0 fully saturated rings. The molecule has 2 unspecified atom stereocenters. The first-order valence-corrected chi connectivity index (χ1v) is 7.65. The molecular formula is C12H22N2O3S. The van der Waals surface area contributed by atoms with E-state index in [1.54, 1.807) is 26.0 Å². The van der Waals surface area contributed by atoms with Crippen LogP contribution in [0.15, 0.2) is 22.8 Å². The lowest BCUT2D eigenvalue weighted by atomic mass is 10.3. The molecule has 1 aromatic rings. The molecule has 0 aliphatic heterocycles. The average molecular weight is 274 g/mol. The van der Waals surface area contributed by atoms with Gasteiger partial charge in [0.05, 0.1) is 17.6 Å². The van der Waals surface area contributed by atoms with Gasteiger partial charge < -0.3 is 9.73 Å². The average Bonchev–Trinajstić information content (AvgIpc) is 2.78. The summed E-state index contributed by atoms with van der Waals surface area (Å²) in [4.78, 5) is 0. The van der Waals surface area contributed by atoms with E-state index in [4.69, 9.17) is 4.42 Å². The fourth-order valence-electron chi connectivity index (χ4n) is 1.47. The fraction of sp³-hybridized carbons (Fsp3) is 0.667. The highest BCUT2D eigenvalue weighted by Crippen LogP contribution is 2.14. The van der Waals surface area contributed by atoms with E-state index >= 15 is 0 Å². The van der Waals surface area contributed by atoms with Gasteiger partial charge in [-0.3, -0.25) is 0 Å². The second-order valence-corrected chi connectivity index (χ2v) is 6.90. The third kappa shape index (κ3) is 4.44. The van der Waals surface area contributed by atoms with Crippen molar-refractivity contribution < 1.29 is 12.8 Å². The summed E-state index contributed by atoms with van der Waals surface area (Å²) < 4.78 is 31.9. The highest BCUT2D eigenvalue weighted by molar-refractivity contribution is 7.90. The molecule has 2 atom stereocenters. The van der Waals surface area contributed by atoms with Gasteiger partial charge in [-0.05, 0) is 26.0 Å². The van der Waals surface area contributed by atoms with E-state index in [9.17, 15) is 8.42 Å². The van der Waals surface area contributed by atoms with Gasteiger partial charge in [0.25, 0.3) is 0 Å². The summed E-state index contributed by atoms with van der Waals surface area (Å²) in [6.45, 7) is 7.85. The van der Waals surface area contributed by atoms with Crippen LogP contribution in [0.5, 0.6) is 0 Å². The van der Waals surface area contributed by atoms with Crippen molar-refractivity contribution in [3.05, 3.63) is 24.2 Å². The van der Waals surface area contributed by atoms with Crippen molar-refractivity contribution in [1.29, 1.82) is 0 Å². The van der Waals surface area contributed by atoms with Crippen LogP contribution in [0.25, 0.3) is 0 Å². The van der Waals surface area contributed by atoms with Crippen LogP contribution >= 0.6 is 0 Å². The second kappa shape index (κ2) is 6.36. The molecule has 6 heteroatoms. The Morgan fingerprint density at radius 3 is 2.44 bits per heavy atom. The normalized spacial score (nSPS) is 15.8. The summed E-state index contributed by atoms with van der Waals surface area (Å²) in [6.07, 6.45) is 1.53. The Bertz CT molecular complexity index is 440. The summed E-state index contributed by atoms with van der Waals surface area (Å²) in [5.41, 5.74) is 0. The molecule has 1 aromatic heterocycles. The maximum Gasteiger partial charge on any atom is 0.216 e. The number of rotatable bonds is 7. The van der Waals surface area contributed by atoms with Crippen molar-refractivity contribution in [2.24, 2.45) is 0 Å². The topological polar surface area (TPSA) is 71.3 Å². The van der Waals surface area contributed by atoms with Gasteiger partial charge in [-0.15, -0.1) is 0 Å². The van der Waals surface area contributed by atoms with E-state index in [0.717, 1.165) is 0 Å². The quantitative estimate of drug-likeness (QED) is 0.793. The first kappa shape index (κ1) is 15.2. The van der Waals surface area contributed by atoms with Crippen molar-refractivity contribution in [3.8, 4) is 0 Å². The fourth-order valence-corrected chi connectivity index (χ4v) is 2.63. The number of nitrogens with one attached hydrogen (secondary N) is 2. The van der Waals surface area contributed by atoms with E-state index in [2.05, 4.69) is 10.0 Å². The number of furan rings is 1. The van der Waals surface area contributed by atoms with Crippen molar-refractivity contribution in [2.75, 3.05) is 6.54 Å². The van der Waals surface area contributed by atoms with Crippen LogP contribution in [-0.2, 0) is 10.0 Å². The highest BCUT2D eigenvalue weighted by atomic mass is 32.2. The second-order valence-electron chi connectivity index (χ2n) is 4.77. The maximum atomic E-state index is 12.1. The minimum absolute atomic E-state index is 0.269. The molecule has 0 saturated carbocycles. The Hall–Kier alpha value is -0.850. The van der Waals surface area contributed by atoms with E-state index in [1.807, 2.05) is 13.8 Å². The molecular weight excluding hydrogens is 252 g/mol. The van der Waals surface area contributed by atoms with Crippen LogP contribution < -0.4 is 10.0 Å². The molecule has 104 valence electrons. The molecule has 1 heterocycles. The zero-order valence-corrected chi connectivity index (χ0v) is 12.1. The van der Waals surface area contributed by atoms with E-state index in [1.165, 1.54) is 6.26 Å². The van der Waals surface area contributed by atoms with Gasteiger partial charge >= 0.3 is 0 Å². The molecule has 0 amide bonds. The lowest BCUT2D eigenvalue weighted by molar-refractivity contribution is 0.456. The van der Waals surface area contributed by atoms with E-state index < -0.39 is 15.3 Å². The van der Waals surface area contributed by atoms with Crippen LogP contribution in [0.4, 0.5) is 0 Å².